The minimum absolute atomic E-state index is 0.0803. The molecule has 0 bridgehead atoms. The first-order chi connectivity index (χ1) is 11.6. The molecule has 0 unspecified atom stereocenters. The Hall–Kier alpha value is -2.41. The van der Waals surface area contributed by atoms with Gasteiger partial charge in [0.2, 0.25) is 11.8 Å². The second-order valence-corrected chi connectivity index (χ2v) is 6.06. The zero-order valence-corrected chi connectivity index (χ0v) is 13.9. The molecule has 1 saturated heterocycles. The van der Waals surface area contributed by atoms with Crippen LogP contribution in [0, 0.1) is 0 Å². The molecule has 0 atom stereocenters. The molecule has 1 aromatic carbocycles. The first kappa shape index (κ1) is 16.4. The van der Waals surface area contributed by atoms with Crippen LogP contribution in [0.15, 0.2) is 24.4 Å². The summed E-state index contributed by atoms with van der Waals surface area (Å²) in [5.74, 6) is 0.224. The minimum atomic E-state index is 0.0803. The van der Waals surface area contributed by atoms with Crippen LogP contribution in [0.1, 0.15) is 18.9 Å². The molecule has 1 aromatic heterocycles. The van der Waals surface area contributed by atoms with Crippen molar-refractivity contribution in [1.29, 1.82) is 0 Å². The Balaban J connectivity index is 1.41. The van der Waals surface area contributed by atoms with Crippen LogP contribution in [0.5, 0.6) is 0 Å². The molecule has 7 heteroatoms. The number of benzene rings is 1. The monoisotopic (exact) mass is 329 g/mol. The number of piperazine rings is 1. The number of carbonyl (C=O) groups excluding carboxylic acids is 2. The van der Waals surface area contributed by atoms with E-state index in [0.717, 1.165) is 16.5 Å². The van der Waals surface area contributed by atoms with Gasteiger partial charge < -0.3 is 15.1 Å². The van der Waals surface area contributed by atoms with Crippen LogP contribution in [-0.2, 0) is 16.1 Å². The summed E-state index contributed by atoms with van der Waals surface area (Å²) in [4.78, 5) is 27.2. The van der Waals surface area contributed by atoms with Gasteiger partial charge in [0.1, 0.15) is 0 Å². The highest BCUT2D eigenvalue weighted by Gasteiger charge is 2.21. The zero-order chi connectivity index (χ0) is 16.9. The van der Waals surface area contributed by atoms with Crippen molar-refractivity contribution in [2.24, 2.45) is 0 Å². The summed E-state index contributed by atoms with van der Waals surface area (Å²) in [6.07, 6.45) is 2.28. The lowest BCUT2D eigenvalue weighted by Crippen LogP contribution is -2.50. The van der Waals surface area contributed by atoms with Gasteiger partial charge in [-0.2, -0.15) is 5.10 Å². The normalized spacial score (nSPS) is 15.0. The number of para-hydroxylation sites is 1. The standard InChI is InChI=1S/C17H23N5O2/c1-13(23)21-7-9-22(10-8-21)16(24)5-6-18-11-14-3-2-4-15-12-19-20-17(14)15/h2-4,12,18H,5-11H2,1H3,(H,19,20). The Morgan fingerprint density at radius 3 is 2.71 bits per heavy atom. The van der Waals surface area contributed by atoms with Crippen molar-refractivity contribution in [2.75, 3.05) is 32.7 Å². The summed E-state index contributed by atoms with van der Waals surface area (Å²) in [7, 11) is 0. The lowest BCUT2D eigenvalue weighted by atomic mass is 10.1. The maximum absolute atomic E-state index is 12.2. The largest absolute Gasteiger partial charge is 0.339 e. The lowest BCUT2D eigenvalue weighted by Gasteiger charge is -2.34. The van der Waals surface area contributed by atoms with Gasteiger partial charge in [-0.15, -0.1) is 0 Å². The Morgan fingerprint density at radius 2 is 1.96 bits per heavy atom. The predicted molar refractivity (Wildman–Crippen MR) is 91.3 cm³/mol. The summed E-state index contributed by atoms with van der Waals surface area (Å²) in [6, 6.07) is 6.08. The van der Waals surface area contributed by atoms with Crippen LogP contribution < -0.4 is 5.32 Å². The van der Waals surface area contributed by atoms with E-state index in [1.165, 1.54) is 0 Å². The van der Waals surface area contributed by atoms with Crippen LogP contribution in [0.25, 0.3) is 10.9 Å². The second kappa shape index (κ2) is 7.44. The second-order valence-electron chi connectivity index (χ2n) is 6.06. The van der Waals surface area contributed by atoms with E-state index in [1.54, 1.807) is 11.8 Å². The number of fused-ring (bicyclic) bond motifs is 1. The highest BCUT2D eigenvalue weighted by Crippen LogP contribution is 2.15. The van der Waals surface area contributed by atoms with Gasteiger partial charge in [-0.25, -0.2) is 0 Å². The maximum Gasteiger partial charge on any atom is 0.223 e. The molecule has 2 amide bonds. The van der Waals surface area contributed by atoms with Crippen LogP contribution in [0.3, 0.4) is 0 Å². The number of nitrogens with zero attached hydrogens (tertiary/aromatic N) is 3. The molecular weight excluding hydrogens is 306 g/mol. The molecule has 2 N–H and O–H groups in total. The Morgan fingerprint density at radius 1 is 1.21 bits per heavy atom. The van der Waals surface area contributed by atoms with Gasteiger partial charge in [0.25, 0.3) is 0 Å². The van der Waals surface area contributed by atoms with Crippen molar-refractivity contribution in [3.05, 3.63) is 30.0 Å². The number of aromatic nitrogens is 2. The highest BCUT2D eigenvalue weighted by molar-refractivity contribution is 5.81. The fourth-order valence-corrected chi connectivity index (χ4v) is 3.02. The molecule has 0 saturated carbocycles. The van der Waals surface area contributed by atoms with Crippen LogP contribution in [0.4, 0.5) is 0 Å². The average Bonchev–Trinajstić information content (AvgIpc) is 3.08. The molecule has 0 aliphatic carbocycles. The molecule has 128 valence electrons. The molecule has 1 aliphatic rings. The molecule has 7 nitrogen and oxygen atoms in total. The van der Waals surface area contributed by atoms with E-state index in [1.807, 2.05) is 23.2 Å². The summed E-state index contributed by atoms with van der Waals surface area (Å²) >= 11 is 0. The van der Waals surface area contributed by atoms with Gasteiger partial charge >= 0.3 is 0 Å². The highest BCUT2D eigenvalue weighted by atomic mass is 16.2. The molecular formula is C17H23N5O2. The zero-order valence-electron chi connectivity index (χ0n) is 13.9. The Labute approximate surface area is 141 Å². The number of hydrogen-bond acceptors (Lipinski definition) is 4. The number of rotatable bonds is 5. The van der Waals surface area contributed by atoms with Crippen molar-refractivity contribution >= 4 is 22.7 Å². The number of carbonyl (C=O) groups is 2. The Kier molecular flexibility index (Phi) is 5.10. The predicted octanol–water partition coefficient (Wildman–Crippen LogP) is 0.733. The first-order valence-corrected chi connectivity index (χ1v) is 8.30. The fourth-order valence-electron chi connectivity index (χ4n) is 3.02. The van der Waals surface area contributed by atoms with E-state index in [9.17, 15) is 9.59 Å². The summed E-state index contributed by atoms with van der Waals surface area (Å²) in [5.41, 5.74) is 2.18. The third-order valence-electron chi connectivity index (χ3n) is 4.47. The van der Waals surface area contributed by atoms with Crippen LogP contribution in [-0.4, -0.2) is 64.5 Å². The molecule has 24 heavy (non-hydrogen) atoms. The molecule has 0 spiro atoms. The van der Waals surface area contributed by atoms with Crippen LogP contribution in [0.2, 0.25) is 0 Å². The van der Waals surface area contributed by atoms with Gasteiger partial charge in [0, 0.05) is 58.0 Å². The number of amides is 2. The summed E-state index contributed by atoms with van der Waals surface area (Å²) < 4.78 is 0. The molecule has 1 fully saturated rings. The maximum atomic E-state index is 12.2. The van der Waals surface area contributed by atoms with E-state index in [-0.39, 0.29) is 11.8 Å². The van der Waals surface area contributed by atoms with Crippen molar-refractivity contribution in [3.63, 3.8) is 0 Å². The van der Waals surface area contributed by atoms with E-state index in [4.69, 9.17) is 0 Å². The van der Waals surface area contributed by atoms with E-state index in [2.05, 4.69) is 21.6 Å². The molecule has 1 aliphatic heterocycles. The average molecular weight is 329 g/mol. The quantitative estimate of drug-likeness (QED) is 0.793. The summed E-state index contributed by atoms with van der Waals surface area (Å²) in [5, 5.41) is 11.5. The smallest absolute Gasteiger partial charge is 0.223 e. The molecule has 0 radical (unpaired) electrons. The van der Waals surface area contributed by atoms with Crippen molar-refractivity contribution in [1.82, 2.24) is 25.3 Å². The molecule has 2 aromatic rings. The first-order valence-electron chi connectivity index (χ1n) is 8.30. The SMILES string of the molecule is CC(=O)N1CCN(C(=O)CCNCc2cccc3cn[nH]c23)CC1. The van der Waals surface area contributed by atoms with Crippen molar-refractivity contribution in [3.8, 4) is 0 Å². The van der Waals surface area contributed by atoms with Gasteiger partial charge in [0.15, 0.2) is 0 Å². The molecule has 3 rings (SSSR count). The number of aromatic amines is 1. The number of H-pyrrole nitrogens is 1. The number of nitrogens with one attached hydrogen (secondary N) is 2. The van der Waals surface area contributed by atoms with Crippen molar-refractivity contribution < 1.29 is 9.59 Å². The fraction of sp³-hybridized carbons (Fsp3) is 0.471. The van der Waals surface area contributed by atoms with E-state index < -0.39 is 0 Å². The van der Waals surface area contributed by atoms with Gasteiger partial charge in [-0.1, -0.05) is 18.2 Å². The van der Waals surface area contributed by atoms with E-state index in [0.29, 0.717) is 45.7 Å². The van der Waals surface area contributed by atoms with E-state index >= 15 is 0 Å². The van der Waals surface area contributed by atoms with Crippen LogP contribution >= 0.6 is 0 Å². The minimum Gasteiger partial charge on any atom is -0.339 e. The van der Waals surface area contributed by atoms with Crippen molar-refractivity contribution in [2.45, 2.75) is 19.9 Å². The number of hydrogen-bond donors (Lipinski definition) is 2. The van der Waals surface area contributed by atoms with Gasteiger partial charge in [0.05, 0.1) is 11.7 Å². The van der Waals surface area contributed by atoms with Gasteiger partial charge in [-0.05, 0) is 5.56 Å². The third kappa shape index (κ3) is 3.73. The lowest BCUT2D eigenvalue weighted by molar-refractivity contribution is -0.138. The Bertz CT molecular complexity index is 719. The topological polar surface area (TPSA) is 81.3 Å². The van der Waals surface area contributed by atoms with Gasteiger partial charge in [-0.3, -0.25) is 14.7 Å². The third-order valence-corrected chi connectivity index (χ3v) is 4.47. The summed E-state index contributed by atoms with van der Waals surface area (Å²) in [6.45, 7) is 5.44. The molecule has 2 heterocycles.